The molecule has 0 saturated carbocycles. The molecule has 0 spiro atoms. The van der Waals surface area contributed by atoms with Crippen molar-refractivity contribution >= 4 is 0 Å². The van der Waals surface area contributed by atoms with Gasteiger partial charge in [0, 0.05) is 18.2 Å². The summed E-state index contributed by atoms with van der Waals surface area (Å²) in [7, 11) is 1.59. The highest BCUT2D eigenvalue weighted by molar-refractivity contribution is 5.33. The zero-order chi connectivity index (χ0) is 10.7. The van der Waals surface area contributed by atoms with E-state index in [0.717, 1.165) is 25.2 Å². The Balaban J connectivity index is 2.12. The van der Waals surface area contributed by atoms with Crippen molar-refractivity contribution in [1.82, 2.24) is 4.90 Å². The van der Waals surface area contributed by atoms with Gasteiger partial charge in [-0.05, 0) is 32.0 Å². The van der Waals surface area contributed by atoms with Gasteiger partial charge < -0.3 is 4.74 Å². The largest absolute Gasteiger partial charge is 0.496 e. The summed E-state index contributed by atoms with van der Waals surface area (Å²) in [5.74, 6) is 0.416. The molecule has 0 atom stereocenters. The maximum absolute atomic E-state index is 13.0. The first kappa shape index (κ1) is 10.4. The average Bonchev–Trinajstić information content (AvgIpc) is 2.73. The van der Waals surface area contributed by atoms with E-state index in [1.54, 1.807) is 7.11 Å². The molecule has 0 amide bonds. The summed E-state index contributed by atoms with van der Waals surface area (Å²) in [5, 5.41) is 0. The van der Waals surface area contributed by atoms with Crippen LogP contribution in [0.4, 0.5) is 4.39 Å². The quantitative estimate of drug-likeness (QED) is 0.758. The lowest BCUT2D eigenvalue weighted by Crippen LogP contribution is -2.18. The second-order valence-corrected chi connectivity index (χ2v) is 3.94. The molecule has 1 fully saturated rings. The second-order valence-electron chi connectivity index (χ2n) is 3.94. The number of rotatable bonds is 3. The predicted molar refractivity (Wildman–Crippen MR) is 57.5 cm³/mol. The number of methoxy groups -OCH3 is 1. The number of hydrogen-bond donors (Lipinski definition) is 0. The molecule has 1 aliphatic heterocycles. The topological polar surface area (TPSA) is 12.5 Å². The van der Waals surface area contributed by atoms with Crippen molar-refractivity contribution < 1.29 is 9.13 Å². The van der Waals surface area contributed by atoms with E-state index in [4.69, 9.17) is 4.74 Å². The molecule has 1 heterocycles. The van der Waals surface area contributed by atoms with Crippen LogP contribution in [0.1, 0.15) is 18.4 Å². The van der Waals surface area contributed by atoms with Crippen molar-refractivity contribution in [2.45, 2.75) is 19.4 Å². The number of halogens is 1. The molecule has 2 rings (SSSR count). The molecule has 0 unspecified atom stereocenters. The summed E-state index contributed by atoms with van der Waals surface area (Å²) in [6, 6.07) is 4.76. The molecule has 1 saturated heterocycles. The molecule has 1 aliphatic rings. The van der Waals surface area contributed by atoms with Crippen LogP contribution in [-0.4, -0.2) is 25.1 Å². The van der Waals surface area contributed by atoms with Gasteiger partial charge in [0.05, 0.1) is 7.11 Å². The first-order chi connectivity index (χ1) is 7.29. The number of benzene rings is 1. The lowest BCUT2D eigenvalue weighted by atomic mass is 10.2. The summed E-state index contributed by atoms with van der Waals surface area (Å²) in [6.45, 7) is 3.14. The Morgan fingerprint density at radius 1 is 1.33 bits per heavy atom. The minimum Gasteiger partial charge on any atom is -0.496 e. The maximum Gasteiger partial charge on any atom is 0.126 e. The van der Waals surface area contributed by atoms with Crippen molar-refractivity contribution in [3.8, 4) is 5.75 Å². The van der Waals surface area contributed by atoms with Crippen LogP contribution in [0.3, 0.4) is 0 Å². The van der Waals surface area contributed by atoms with E-state index in [1.807, 2.05) is 6.07 Å². The van der Waals surface area contributed by atoms with E-state index in [-0.39, 0.29) is 5.82 Å². The minimum absolute atomic E-state index is 0.239. The third-order valence-corrected chi connectivity index (χ3v) is 2.84. The number of hydrogen-bond acceptors (Lipinski definition) is 2. The summed E-state index contributed by atoms with van der Waals surface area (Å²) in [5.41, 5.74) is 1.07. The molecule has 0 radical (unpaired) electrons. The van der Waals surface area contributed by atoms with E-state index in [0.29, 0.717) is 5.75 Å². The van der Waals surface area contributed by atoms with Gasteiger partial charge in [-0.1, -0.05) is 6.07 Å². The molecular formula is C12H16FNO. The van der Waals surface area contributed by atoms with Crippen LogP contribution in [0.2, 0.25) is 0 Å². The highest BCUT2D eigenvalue weighted by Gasteiger charge is 2.14. The smallest absolute Gasteiger partial charge is 0.126 e. The van der Waals surface area contributed by atoms with Crippen LogP contribution in [-0.2, 0) is 6.54 Å². The highest BCUT2D eigenvalue weighted by atomic mass is 19.1. The average molecular weight is 209 g/mol. The molecular weight excluding hydrogens is 193 g/mol. The Morgan fingerprint density at radius 3 is 2.73 bits per heavy atom. The van der Waals surface area contributed by atoms with Gasteiger partial charge in [0.25, 0.3) is 0 Å². The fourth-order valence-corrected chi connectivity index (χ4v) is 2.03. The third-order valence-electron chi connectivity index (χ3n) is 2.84. The lowest BCUT2D eigenvalue weighted by Gasteiger charge is -2.16. The fraction of sp³-hybridized carbons (Fsp3) is 0.500. The summed E-state index contributed by atoms with van der Waals surface area (Å²) in [6.07, 6.45) is 2.53. The van der Waals surface area contributed by atoms with Crippen LogP contribution in [0.25, 0.3) is 0 Å². The van der Waals surface area contributed by atoms with Gasteiger partial charge >= 0.3 is 0 Å². The molecule has 0 aliphatic carbocycles. The van der Waals surface area contributed by atoms with Crippen molar-refractivity contribution in [2.24, 2.45) is 0 Å². The van der Waals surface area contributed by atoms with E-state index >= 15 is 0 Å². The molecule has 1 aromatic rings. The lowest BCUT2D eigenvalue weighted by molar-refractivity contribution is 0.320. The zero-order valence-corrected chi connectivity index (χ0v) is 9.00. The Kier molecular flexibility index (Phi) is 3.21. The van der Waals surface area contributed by atoms with E-state index in [1.165, 1.54) is 25.0 Å². The van der Waals surface area contributed by atoms with Gasteiger partial charge in [-0.25, -0.2) is 4.39 Å². The summed E-state index contributed by atoms with van der Waals surface area (Å²) >= 11 is 0. The second kappa shape index (κ2) is 4.62. The van der Waals surface area contributed by atoms with Gasteiger partial charge in [0.15, 0.2) is 0 Å². The van der Waals surface area contributed by atoms with Crippen LogP contribution in [0.5, 0.6) is 5.75 Å². The first-order valence-electron chi connectivity index (χ1n) is 5.34. The Labute approximate surface area is 89.7 Å². The minimum atomic E-state index is -0.239. The number of nitrogens with zero attached hydrogens (tertiary/aromatic N) is 1. The molecule has 1 aromatic carbocycles. The van der Waals surface area contributed by atoms with E-state index in [9.17, 15) is 4.39 Å². The molecule has 0 bridgehead atoms. The van der Waals surface area contributed by atoms with Gasteiger partial charge in [0.2, 0.25) is 0 Å². The predicted octanol–water partition coefficient (Wildman–Crippen LogP) is 2.43. The summed E-state index contributed by atoms with van der Waals surface area (Å²) in [4.78, 5) is 2.37. The molecule has 15 heavy (non-hydrogen) atoms. The van der Waals surface area contributed by atoms with Crippen LogP contribution < -0.4 is 4.74 Å². The van der Waals surface area contributed by atoms with Crippen LogP contribution in [0.15, 0.2) is 18.2 Å². The molecule has 0 N–H and O–H groups in total. The van der Waals surface area contributed by atoms with Crippen molar-refractivity contribution in [3.05, 3.63) is 29.6 Å². The van der Waals surface area contributed by atoms with E-state index < -0.39 is 0 Å². The molecule has 3 heteroatoms. The SMILES string of the molecule is COc1cc(F)ccc1CN1CCCC1. The van der Waals surface area contributed by atoms with Crippen LogP contribution >= 0.6 is 0 Å². The molecule has 0 aromatic heterocycles. The Bertz CT molecular complexity index is 334. The summed E-state index contributed by atoms with van der Waals surface area (Å²) < 4.78 is 18.1. The van der Waals surface area contributed by atoms with Crippen molar-refractivity contribution in [1.29, 1.82) is 0 Å². The Morgan fingerprint density at radius 2 is 2.07 bits per heavy atom. The van der Waals surface area contributed by atoms with Gasteiger partial charge in [-0.2, -0.15) is 0 Å². The number of likely N-dealkylation sites (tertiary alicyclic amines) is 1. The van der Waals surface area contributed by atoms with Crippen molar-refractivity contribution in [3.63, 3.8) is 0 Å². The van der Waals surface area contributed by atoms with Crippen molar-refractivity contribution in [2.75, 3.05) is 20.2 Å². The standard InChI is InChI=1S/C12H16FNO/c1-15-12-8-11(13)5-4-10(12)9-14-6-2-3-7-14/h4-5,8H,2-3,6-7,9H2,1H3. The first-order valence-corrected chi connectivity index (χ1v) is 5.34. The van der Waals surface area contributed by atoms with Crippen LogP contribution in [0, 0.1) is 5.82 Å². The van der Waals surface area contributed by atoms with E-state index in [2.05, 4.69) is 4.90 Å². The molecule has 2 nitrogen and oxygen atoms in total. The maximum atomic E-state index is 13.0. The zero-order valence-electron chi connectivity index (χ0n) is 9.00. The van der Waals surface area contributed by atoms with Gasteiger partial charge in [0.1, 0.15) is 11.6 Å². The normalized spacial score (nSPS) is 16.9. The number of ether oxygens (including phenoxy) is 1. The van der Waals surface area contributed by atoms with Gasteiger partial charge in [-0.3, -0.25) is 4.90 Å². The monoisotopic (exact) mass is 209 g/mol. The Hall–Kier alpha value is -1.09. The highest BCUT2D eigenvalue weighted by Crippen LogP contribution is 2.22. The van der Waals surface area contributed by atoms with Gasteiger partial charge in [-0.15, -0.1) is 0 Å². The molecule has 82 valence electrons. The fourth-order valence-electron chi connectivity index (χ4n) is 2.03. The third kappa shape index (κ3) is 2.48.